The average molecular weight is 386 g/mol. The third-order valence-electron chi connectivity index (χ3n) is 6.10. The summed E-state index contributed by atoms with van der Waals surface area (Å²) in [5, 5.41) is 29.1. The Balaban J connectivity index is 1.67. The zero-order valence-corrected chi connectivity index (χ0v) is 15.3. The molecular formula is C20H28F2O5. The fourth-order valence-electron chi connectivity index (χ4n) is 4.65. The first-order valence-electron chi connectivity index (χ1n) is 9.82. The van der Waals surface area contributed by atoms with Gasteiger partial charge in [0.2, 0.25) is 0 Å². The topological polar surface area (TPSA) is 87.0 Å². The fraction of sp³-hybridized carbons (Fsp3) is 0.750. The quantitative estimate of drug-likeness (QED) is 0.462. The van der Waals surface area contributed by atoms with Gasteiger partial charge in [-0.25, -0.2) is 0 Å². The van der Waals surface area contributed by atoms with Gasteiger partial charge < -0.3 is 20.1 Å². The molecule has 0 radical (unpaired) electrons. The van der Waals surface area contributed by atoms with Crippen LogP contribution in [-0.4, -0.2) is 45.5 Å². The number of carbonyl (C=O) groups is 1. The minimum Gasteiger partial charge on any atom is -0.488 e. The minimum atomic E-state index is -3.21. The van der Waals surface area contributed by atoms with Crippen LogP contribution in [0.1, 0.15) is 51.4 Å². The van der Waals surface area contributed by atoms with Crippen molar-refractivity contribution in [3.05, 3.63) is 24.0 Å². The first kappa shape index (κ1) is 20.3. The molecule has 3 N–H and O–H groups in total. The number of unbranched alkanes of at least 4 members (excludes halogenated alkanes) is 1. The first-order valence-corrected chi connectivity index (χ1v) is 9.82. The number of aliphatic hydroxyl groups is 2. The minimum absolute atomic E-state index is 0.0780. The number of fused-ring (bicyclic) bond motifs is 1. The van der Waals surface area contributed by atoms with Crippen LogP contribution in [0.5, 0.6) is 0 Å². The number of halogens is 2. The second kappa shape index (κ2) is 8.27. The molecular weight excluding hydrogens is 358 g/mol. The molecule has 3 aliphatic rings. The maximum Gasteiger partial charge on any atom is 0.310 e. The van der Waals surface area contributed by atoms with Gasteiger partial charge in [-0.2, -0.15) is 8.78 Å². The molecule has 0 amide bonds. The Bertz CT molecular complexity index is 597. The summed E-state index contributed by atoms with van der Waals surface area (Å²) in [5.41, 5.74) is 0. The number of aliphatic hydroxyl groups excluding tert-OH is 2. The van der Waals surface area contributed by atoms with Crippen LogP contribution in [0.3, 0.4) is 0 Å². The number of ether oxygens (including phenoxy) is 1. The van der Waals surface area contributed by atoms with E-state index in [1.807, 2.05) is 0 Å². The number of hydrogen-bond donors (Lipinski definition) is 3. The third kappa shape index (κ3) is 4.35. The van der Waals surface area contributed by atoms with Crippen LogP contribution >= 0.6 is 0 Å². The first-order chi connectivity index (χ1) is 12.8. The number of alkyl halides is 2. The van der Waals surface area contributed by atoms with E-state index >= 15 is 0 Å². The van der Waals surface area contributed by atoms with Crippen molar-refractivity contribution >= 4 is 5.97 Å². The summed E-state index contributed by atoms with van der Waals surface area (Å²) in [5.74, 6) is -6.35. The van der Waals surface area contributed by atoms with Gasteiger partial charge in [-0.3, -0.25) is 4.79 Å². The number of aliphatic carboxylic acids is 1. The van der Waals surface area contributed by atoms with Gasteiger partial charge in [-0.05, 0) is 37.7 Å². The zero-order valence-electron chi connectivity index (χ0n) is 15.3. The molecule has 1 aliphatic heterocycles. The average Bonchev–Trinajstić information content (AvgIpc) is 3.28. The van der Waals surface area contributed by atoms with Gasteiger partial charge in [0.05, 0.1) is 18.1 Å². The second-order valence-corrected chi connectivity index (χ2v) is 7.96. The highest BCUT2D eigenvalue weighted by atomic mass is 19.3. The monoisotopic (exact) mass is 386 g/mol. The number of carboxylic acid groups (broad SMARTS) is 1. The maximum atomic E-state index is 14.9. The van der Waals surface area contributed by atoms with Crippen LogP contribution in [0.15, 0.2) is 24.0 Å². The molecule has 0 spiro atoms. The van der Waals surface area contributed by atoms with Gasteiger partial charge >= 0.3 is 11.9 Å². The fourth-order valence-corrected chi connectivity index (χ4v) is 4.65. The highest BCUT2D eigenvalue weighted by Crippen LogP contribution is 2.54. The zero-order chi connectivity index (χ0) is 19.6. The Morgan fingerprint density at radius 3 is 2.70 bits per heavy atom. The molecule has 2 aliphatic carbocycles. The molecule has 3 rings (SSSR count). The standard InChI is InChI=1S/C20H28F2O5/c21-20(22)17(7-3-4-8-18(25)26)27-16-11-15(24)13(19(16)20)9-10-14(23)12-5-1-2-6-12/h7,9-10,12-16,19,23-24H,1-6,8,11H2,(H,25,26)/t13-,14-,15+,16-,19+/m0/s1. The van der Waals surface area contributed by atoms with Crippen molar-refractivity contribution in [1.29, 1.82) is 0 Å². The van der Waals surface area contributed by atoms with Crippen LogP contribution in [0, 0.1) is 17.8 Å². The third-order valence-corrected chi connectivity index (χ3v) is 6.10. The molecule has 2 saturated carbocycles. The molecule has 3 fully saturated rings. The van der Waals surface area contributed by atoms with E-state index in [4.69, 9.17) is 9.84 Å². The van der Waals surface area contributed by atoms with Gasteiger partial charge in [0, 0.05) is 18.8 Å². The molecule has 1 heterocycles. The Hall–Kier alpha value is -1.47. The van der Waals surface area contributed by atoms with Gasteiger partial charge in [0.15, 0.2) is 5.76 Å². The molecule has 0 aromatic rings. The Morgan fingerprint density at radius 1 is 1.33 bits per heavy atom. The van der Waals surface area contributed by atoms with Crippen molar-refractivity contribution in [2.45, 2.75) is 75.6 Å². The molecule has 1 saturated heterocycles. The van der Waals surface area contributed by atoms with Gasteiger partial charge in [0.1, 0.15) is 6.10 Å². The SMILES string of the molecule is O=C(O)CCCC=C1O[C@H]2C[C@@H](O)[C@H](C=C[C@H](O)C3CCCC3)[C@H]2C1(F)F. The normalized spacial score (nSPS) is 35.6. The van der Waals surface area contributed by atoms with Crippen LogP contribution < -0.4 is 0 Å². The van der Waals surface area contributed by atoms with E-state index in [1.165, 1.54) is 6.08 Å². The Morgan fingerprint density at radius 2 is 2.04 bits per heavy atom. The molecule has 0 bridgehead atoms. The largest absolute Gasteiger partial charge is 0.488 e. The Kier molecular flexibility index (Phi) is 6.21. The van der Waals surface area contributed by atoms with E-state index in [9.17, 15) is 23.8 Å². The van der Waals surface area contributed by atoms with Crippen molar-refractivity contribution < 1.29 is 33.6 Å². The van der Waals surface area contributed by atoms with Crippen molar-refractivity contribution in [2.24, 2.45) is 17.8 Å². The summed E-state index contributed by atoms with van der Waals surface area (Å²) in [6.45, 7) is 0. The van der Waals surface area contributed by atoms with Gasteiger partial charge in [-0.1, -0.05) is 25.0 Å². The Labute approximate surface area is 157 Å². The predicted octanol–water partition coefficient (Wildman–Crippen LogP) is 3.26. The van der Waals surface area contributed by atoms with Gasteiger partial charge in [-0.15, -0.1) is 0 Å². The summed E-state index contributed by atoms with van der Waals surface area (Å²) in [4.78, 5) is 10.5. The van der Waals surface area contributed by atoms with Crippen LogP contribution in [0.4, 0.5) is 8.78 Å². The van der Waals surface area contributed by atoms with Crippen LogP contribution in [0.2, 0.25) is 0 Å². The van der Waals surface area contributed by atoms with E-state index in [0.717, 1.165) is 25.7 Å². The van der Waals surface area contributed by atoms with E-state index in [0.29, 0.717) is 0 Å². The molecule has 5 atom stereocenters. The summed E-state index contributed by atoms with van der Waals surface area (Å²) in [7, 11) is 0. The van der Waals surface area contributed by atoms with Crippen LogP contribution in [-0.2, 0) is 9.53 Å². The van der Waals surface area contributed by atoms with E-state index in [1.54, 1.807) is 12.2 Å². The smallest absolute Gasteiger partial charge is 0.310 e. The molecule has 27 heavy (non-hydrogen) atoms. The maximum absolute atomic E-state index is 14.9. The number of rotatable bonds is 7. The number of allylic oxidation sites excluding steroid dienone is 2. The van der Waals surface area contributed by atoms with E-state index in [-0.39, 0.29) is 31.6 Å². The summed E-state index contributed by atoms with van der Waals surface area (Å²) in [6, 6.07) is 0. The van der Waals surface area contributed by atoms with Crippen molar-refractivity contribution in [1.82, 2.24) is 0 Å². The summed E-state index contributed by atoms with van der Waals surface area (Å²) < 4.78 is 35.2. The van der Waals surface area contributed by atoms with E-state index in [2.05, 4.69) is 0 Å². The van der Waals surface area contributed by atoms with E-state index < -0.39 is 47.8 Å². The molecule has 7 heteroatoms. The lowest BCUT2D eigenvalue weighted by molar-refractivity contribution is -0.137. The highest BCUT2D eigenvalue weighted by Gasteiger charge is 2.63. The van der Waals surface area contributed by atoms with Gasteiger partial charge in [0.25, 0.3) is 0 Å². The number of hydrogen-bond acceptors (Lipinski definition) is 4. The molecule has 0 aromatic carbocycles. The molecule has 0 aromatic heterocycles. The lowest BCUT2D eigenvalue weighted by Crippen LogP contribution is -2.33. The molecule has 0 unspecified atom stereocenters. The van der Waals surface area contributed by atoms with Crippen LogP contribution in [0.25, 0.3) is 0 Å². The molecule has 152 valence electrons. The highest BCUT2D eigenvalue weighted by molar-refractivity contribution is 5.66. The molecule has 5 nitrogen and oxygen atoms in total. The summed E-state index contributed by atoms with van der Waals surface area (Å²) in [6.07, 6.45) is 6.59. The lowest BCUT2D eigenvalue weighted by atomic mass is 9.87. The van der Waals surface area contributed by atoms with Crippen molar-refractivity contribution in [3.8, 4) is 0 Å². The number of carboxylic acids is 1. The predicted molar refractivity (Wildman–Crippen MR) is 94.1 cm³/mol. The van der Waals surface area contributed by atoms with Crippen molar-refractivity contribution in [3.63, 3.8) is 0 Å². The summed E-state index contributed by atoms with van der Waals surface area (Å²) >= 11 is 0. The van der Waals surface area contributed by atoms with Crippen molar-refractivity contribution in [2.75, 3.05) is 0 Å². The lowest BCUT2D eigenvalue weighted by Gasteiger charge is -2.23. The second-order valence-electron chi connectivity index (χ2n) is 7.96.